The van der Waals surface area contributed by atoms with E-state index in [9.17, 15) is 9.59 Å². The van der Waals surface area contributed by atoms with Gasteiger partial charge in [-0.25, -0.2) is 0 Å². The van der Waals surface area contributed by atoms with Crippen molar-refractivity contribution in [3.63, 3.8) is 0 Å². The lowest BCUT2D eigenvalue weighted by Gasteiger charge is -2.09. The molecule has 0 saturated heterocycles. The van der Waals surface area contributed by atoms with Crippen LogP contribution >= 0.6 is 11.8 Å². The summed E-state index contributed by atoms with van der Waals surface area (Å²) in [5.41, 5.74) is 7.39. The van der Waals surface area contributed by atoms with Crippen LogP contribution < -0.4 is 11.1 Å². The Morgan fingerprint density at radius 3 is 2.55 bits per heavy atom. The van der Waals surface area contributed by atoms with E-state index in [0.29, 0.717) is 5.92 Å². The number of rotatable bonds is 4. The molecule has 6 heteroatoms. The minimum Gasteiger partial charge on any atom is -0.378 e. The fourth-order valence-corrected chi connectivity index (χ4v) is 2.69. The largest absolute Gasteiger partial charge is 0.378 e. The van der Waals surface area contributed by atoms with Gasteiger partial charge in [0.1, 0.15) is 5.25 Å². The maximum Gasteiger partial charge on any atom is 0.262 e. The Bertz CT molecular complexity index is 552. The lowest BCUT2D eigenvalue weighted by Crippen LogP contribution is -2.21. The van der Waals surface area contributed by atoms with Gasteiger partial charge in [-0.1, -0.05) is 37.7 Å². The van der Waals surface area contributed by atoms with Crippen LogP contribution in [0.3, 0.4) is 0 Å². The third kappa shape index (κ3) is 3.60. The van der Waals surface area contributed by atoms with E-state index >= 15 is 0 Å². The number of amides is 2. The van der Waals surface area contributed by atoms with Gasteiger partial charge in [-0.15, -0.1) is 0 Å². The molecule has 1 aromatic rings. The van der Waals surface area contributed by atoms with Crippen molar-refractivity contribution in [3.8, 4) is 0 Å². The van der Waals surface area contributed by atoms with Gasteiger partial charge in [0, 0.05) is 12.1 Å². The highest BCUT2D eigenvalue weighted by Crippen LogP contribution is 2.23. The normalized spacial score (nSPS) is 18.2. The number of benzene rings is 1. The van der Waals surface area contributed by atoms with Gasteiger partial charge in [0.2, 0.25) is 5.91 Å². The molecule has 0 bridgehead atoms. The van der Waals surface area contributed by atoms with E-state index in [1.165, 1.54) is 5.56 Å². The average molecular weight is 291 g/mol. The van der Waals surface area contributed by atoms with Crippen molar-refractivity contribution in [2.24, 2.45) is 10.7 Å². The molecule has 0 fully saturated rings. The van der Waals surface area contributed by atoms with E-state index < -0.39 is 5.25 Å². The van der Waals surface area contributed by atoms with Crippen molar-refractivity contribution in [1.29, 1.82) is 0 Å². The van der Waals surface area contributed by atoms with Crippen LogP contribution in [-0.2, 0) is 9.59 Å². The van der Waals surface area contributed by atoms with E-state index in [2.05, 4.69) is 24.2 Å². The van der Waals surface area contributed by atoms with Gasteiger partial charge in [0.25, 0.3) is 5.91 Å². The molecule has 106 valence electrons. The quantitative estimate of drug-likeness (QED) is 0.889. The van der Waals surface area contributed by atoms with Gasteiger partial charge in [-0.2, -0.15) is 4.99 Å². The highest BCUT2D eigenvalue weighted by molar-refractivity contribution is 8.15. The number of amidine groups is 1. The van der Waals surface area contributed by atoms with Gasteiger partial charge in [0.05, 0.1) is 0 Å². The number of aliphatic imine (C=N–C) groups is 1. The molecule has 0 aromatic heterocycles. The molecule has 0 saturated carbocycles. The van der Waals surface area contributed by atoms with Crippen LogP contribution in [0.1, 0.15) is 31.7 Å². The third-order valence-electron chi connectivity index (χ3n) is 2.99. The number of nitrogens with zero attached hydrogens (tertiary/aromatic N) is 1. The summed E-state index contributed by atoms with van der Waals surface area (Å²) < 4.78 is 0. The first-order chi connectivity index (χ1) is 9.45. The van der Waals surface area contributed by atoms with Crippen LogP contribution in [0.15, 0.2) is 29.3 Å². The van der Waals surface area contributed by atoms with Gasteiger partial charge in [-0.05, 0) is 23.6 Å². The zero-order chi connectivity index (χ0) is 14.7. The minimum absolute atomic E-state index is 0.0830. The Labute approximate surface area is 122 Å². The van der Waals surface area contributed by atoms with Crippen LogP contribution in [0.2, 0.25) is 0 Å². The number of nitrogens with one attached hydrogen (secondary N) is 1. The van der Waals surface area contributed by atoms with E-state index in [0.717, 1.165) is 17.4 Å². The summed E-state index contributed by atoms with van der Waals surface area (Å²) in [4.78, 5) is 26.9. The van der Waals surface area contributed by atoms with Crippen LogP contribution in [0.5, 0.6) is 0 Å². The maximum absolute atomic E-state index is 11.9. The second-order valence-corrected chi connectivity index (χ2v) is 6.15. The molecule has 3 N–H and O–H groups in total. The standard InChI is InChI=1S/C14H17N3O2S/c1-8(2)9-3-5-10(6-4-9)16-12(18)7-11-13(19)17-14(15)20-11/h3-6,8,11H,7H2,1-2H3,(H,16,18)(H2,15,17,19)/t11-/m1/s1. The summed E-state index contributed by atoms with van der Waals surface area (Å²) >= 11 is 1.14. The van der Waals surface area contributed by atoms with Crippen molar-refractivity contribution in [1.82, 2.24) is 0 Å². The molecule has 2 amide bonds. The Balaban J connectivity index is 1.90. The SMILES string of the molecule is CC(C)c1ccc(NC(=O)C[C@H]2SC(N)=NC2=O)cc1. The summed E-state index contributed by atoms with van der Waals surface area (Å²) in [6.45, 7) is 4.22. The lowest BCUT2D eigenvalue weighted by atomic mass is 10.0. The summed E-state index contributed by atoms with van der Waals surface area (Å²) in [6.07, 6.45) is 0.0830. The molecule has 0 aliphatic carbocycles. The lowest BCUT2D eigenvalue weighted by molar-refractivity contribution is -0.121. The number of hydrogen-bond acceptors (Lipinski definition) is 4. The van der Waals surface area contributed by atoms with Crippen LogP contribution in [0, 0.1) is 0 Å². The summed E-state index contributed by atoms with van der Waals surface area (Å²) in [6, 6.07) is 7.69. The van der Waals surface area contributed by atoms with Crippen LogP contribution in [-0.4, -0.2) is 22.2 Å². The molecule has 0 unspecified atom stereocenters. The minimum atomic E-state index is -0.495. The average Bonchev–Trinajstić information content (AvgIpc) is 2.68. The zero-order valence-corrected chi connectivity index (χ0v) is 12.2. The van der Waals surface area contributed by atoms with Crippen molar-refractivity contribution >= 4 is 34.4 Å². The number of anilines is 1. The van der Waals surface area contributed by atoms with Gasteiger partial charge < -0.3 is 11.1 Å². The number of nitrogens with two attached hydrogens (primary N) is 1. The summed E-state index contributed by atoms with van der Waals surface area (Å²) in [7, 11) is 0. The smallest absolute Gasteiger partial charge is 0.262 e. The topological polar surface area (TPSA) is 84.6 Å². The van der Waals surface area contributed by atoms with Gasteiger partial charge in [0.15, 0.2) is 5.17 Å². The number of thioether (sulfide) groups is 1. The van der Waals surface area contributed by atoms with Crippen molar-refractivity contribution in [3.05, 3.63) is 29.8 Å². The molecular weight excluding hydrogens is 274 g/mol. The Hall–Kier alpha value is -1.82. The number of carbonyl (C=O) groups excluding carboxylic acids is 2. The van der Waals surface area contributed by atoms with Crippen molar-refractivity contribution < 1.29 is 9.59 Å². The van der Waals surface area contributed by atoms with Crippen LogP contribution in [0.25, 0.3) is 0 Å². The van der Waals surface area contributed by atoms with E-state index in [1.807, 2.05) is 24.3 Å². The molecule has 1 atom stereocenters. The Morgan fingerprint density at radius 1 is 1.40 bits per heavy atom. The van der Waals surface area contributed by atoms with Crippen molar-refractivity contribution in [2.75, 3.05) is 5.32 Å². The second-order valence-electron chi connectivity index (χ2n) is 4.92. The van der Waals surface area contributed by atoms with Crippen LogP contribution in [0.4, 0.5) is 5.69 Å². The predicted octanol–water partition coefficient (Wildman–Crippen LogP) is 2.10. The molecule has 1 heterocycles. The summed E-state index contributed by atoms with van der Waals surface area (Å²) in [5.74, 6) is -0.0942. The third-order valence-corrected chi connectivity index (χ3v) is 3.98. The van der Waals surface area contributed by atoms with Crippen molar-refractivity contribution in [2.45, 2.75) is 31.4 Å². The Morgan fingerprint density at radius 2 is 2.05 bits per heavy atom. The monoisotopic (exact) mass is 291 g/mol. The number of hydrogen-bond donors (Lipinski definition) is 2. The first-order valence-corrected chi connectivity index (χ1v) is 7.28. The van der Waals surface area contributed by atoms with E-state index in [4.69, 9.17) is 5.73 Å². The molecule has 0 radical (unpaired) electrons. The highest BCUT2D eigenvalue weighted by Gasteiger charge is 2.29. The zero-order valence-electron chi connectivity index (χ0n) is 11.4. The predicted molar refractivity (Wildman–Crippen MR) is 81.8 cm³/mol. The molecule has 1 aliphatic rings. The van der Waals surface area contributed by atoms with E-state index in [-0.39, 0.29) is 23.4 Å². The van der Waals surface area contributed by atoms with Gasteiger partial charge >= 0.3 is 0 Å². The first-order valence-electron chi connectivity index (χ1n) is 6.40. The fourth-order valence-electron chi connectivity index (χ4n) is 1.86. The summed E-state index contributed by atoms with van der Waals surface area (Å²) in [5, 5.41) is 2.51. The second kappa shape index (κ2) is 6.09. The fraction of sp³-hybridized carbons (Fsp3) is 0.357. The molecule has 5 nitrogen and oxygen atoms in total. The Kier molecular flexibility index (Phi) is 4.44. The van der Waals surface area contributed by atoms with Gasteiger partial charge in [-0.3, -0.25) is 9.59 Å². The number of carbonyl (C=O) groups is 2. The molecule has 2 rings (SSSR count). The molecule has 0 spiro atoms. The maximum atomic E-state index is 11.9. The first kappa shape index (κ1) is 14.6. The molecule has 1 aliphatic heterocycles. The van der Waals surface area contributed by atoms with E-state index in [1.54, 1.807) is 0 Å². The molecule has 20 heavy (non-hydrogen) atoms. The highest BCUT2D eigenvalue weighted by atomic mass is 32.2. The molecular formula is C14H17N3O2S. The molecule has 1 aromatic carbocycles.